The minimum atomic E-state index is -2.73. The van der Waals surface area contributed by atoms with Gasteiger partial charge in [-0.25, -0.2) is 0 Å². The monoisotopic (exact) mass is 1120 g/mol. The molecular formula is C45H10Cl2F20N4OV. The van der Waals surface area contributed by atoms with E-state index in [0.29, 0.717) is 48.5 Å². The summed E-state index contributed by atoms with van der Waals surface area (Å²) in [6, 6.07) is 4.53. The molecule has 0 aliphatic carbocycles. The third kappa shape index (κ3) is 8.68. The first-order valence-corrected chi connectivity index (χ1v) is 19.8. The zero-order chi connectivity index (χ0) is 52.0. The zero-order valence-electron chi connectivity index (χ0n) is 34.3. The van der Waals surface area contributed by atoms with Crippen LogP contribution >= 0.6 is 23.2 Å². The van der Waals surface area contributed by atoms with Gasteiger partial charge < -0.3 is 25.4 Å². The molecule has 1 radical (unpaired) electrons. The van der Waals surface area contributed by atoms with Crippen molar-refractivity contribution in [1.82, 2.24) is 19.9 Å². The van der Waals surface area contributed by atoms with Gasteiger partial charge in [-0.1, -0.05) is 0 Å². The molecule has 4 aromatic heterocycles. The van der Waals surface area contributed by atoms with Crippen molar-refractivity contribution in [3.8, 4) is 0 Å². The number of aromatic nitrogens is 4. The molecule has 5 nitrogen and oxygen atoms in total. The van der Waals surface area contributed by atoms with Crippen LogP contribution in [0.4, 0.5) is 87.8 Å². The van der Waals surface area contributed by atoms with Crippen LogP contribution in [0.15, 0.2) is 48.5 Å². The van der Waals surface area contributed by atoms with E-state index in [4.69, 9.17) is 23.2 Å². The van der Waals surface area contributed by atoms with Crippen LogP contribution in [0.1, 0.15) is 67.8 Å². The first kappa shape index (κ1) is 55.5. The van der Waals surface area contributed by atoms with Crippen molar-refractivity contribution < 1.29 is 112 Å². The molecule has 0 atom stereocenters. The Labute approximate surface area is 415 Å². The van der Waals surface area contributed by atoms with Gasteiger partial charge in [0.25, 0.3) is 0 Å². The summed E-state index contributed by atoms with van der Waals surface area (Å²) < 4.78 is 303. The zero-order valence-corrected chi connectivity index (χ0v) is 37.2. The molecular weight excluding hydrogens is 1110 g/mol. The third-order valence-corrected chi connectivity index (χ3v) is 10.4. The molecule has 0 fully saturated rings. The van der Waals surface area contributed by atoms with Gasteiger partial charge in [-0.2, -0.15) is 87.8 Å². The fourth-order valence-electron chi connectivity index (χ4n) is 7.41. The Balaban J connectivity index is 0.00000170. The Bertz CT molecular complexity index is 2830. The number of nitrogens with zero attached hydrogens (tertiary/aromatic N) is 4. The Hall–Kier alpha value is -6.80. The molecule has 5 heterocycles. The van der Waals surface area contributed by atoms with Gasteiger partial charge in [0.1, 0.15) is 0 Å². The van der Waals surface area contributed by atoms with Gasteiger partial charge in [0.2, 0.25) is 116 Å². The summed E-state index contributed by atoms with van der Waals surface area (Å²) in [5.74, 6) is -58.4. The Kier molecular flexibility index (Phi) is 15.7. The van der Waals surface area contributed by atoms with Gasteiger partial charge >= 0.3 is 18.6 Å². The van der Waals surface area contributed by atoms with Gasteiger partial charge in [0, 0.05) is 72.2 Å². The van der Waals surface area contributed by atoms with Crippen molar-refractivity contribution in [1.29, 1.82) is 0 Å². The van der Waals surface area contributed by atoms with E-state index in [9.17, 15) is 52.7 Å². The predicted molar refractivity (Wildman–Crippen MR) is 203 cm³/mol. The first-order valence-electron chi connectivity index (χ1n) is 18.7. The van der Waals surface area contributed by atoms with Gasteiger partial charge in [-0.05, 0) is 45.6 Å². The van der Waals surface area contributed by atoms with Crippen molar-refractivity contribution in [2.24, 2.45) is 0 Å². The second-order valence-electron chi connectivity index (χ2n) is 14.2. The molecule has 0 saturated heterocycles. The van der Waals surface area contributed by atoms with E-state index in [-0.39, 0.29) is 29.4 Å². The fourth-order valence-corrected chi connectivity index (χ4v) is 7.41. The summed E-state index contributed by atoms with van der Waals surface area (Å²) in [5, 5.41) is 0.194. The van der Waals surface area contributed by atoms with Gasteiger partial charge in [-0.15, -0.1) is 23.2 Å². The van der Waals surface area contributed by atoms with Crippen molar-refractivity contribution in [3.63, 3.8) is 0 Å². The molecule has 4 aromatic carbocycles. The van der Waals surface area contributed by atoms with E-state index in [2.05, 4.69) is 19.9 Å². The van der Waals surface area contributed by atoms with Crippen LogP contribution in [-0.4, -0.2) is 5.34 Å². The minimum absolute atomic E-state index is 0. The molecule has 0 N–H and O–H groups in total. The Morgan fingerprint density at radius 2 is 0.342 bits per heavy atom. The number of rotatable bonds is 4. The number of fused-ring (bicyclic) bond motifs is 8. The van der Waals surface area contributed by atoms with E-state index in [1.807, 2.05) is 0 Å². The molecule has 1 aliphatic rings. The molecule has 9 rings (SSSR count). The maximum Gasteiger partial charge on any atom is 2.00 e. The van der Waals surface area contributed by atoms with E-state index in [1.165, 1.54) is 0 Å². The van der Waals surface area contributed by atoms with Crippen LogP contribution in [0.25, 0.3) is 0 Å². The molecule has 0 amide bonds. The summed E-state index contributed by atoms with van der Waals surface area (Å²) in [6.45, 7) is 0. The molecule has 73 heavy (non-hydrogen) atoms. The SMILES string of the molecule is ClCCl.Fc1c(F)c(F)c([C+]2c3ccc([n-]3)[C+](c3c(F)c(F)c(F)c(F)c3F)c3ccc([n-]3)[C+](c3c(F)c(F)c(F)c(F)c3F)c3ccc([n-]3)[C+](c3c(F)c(F)c(F)c(F)c3F)c3ccc2[n-]3)c(F)c1F.[O-2].[V+2]. The van der Waals surface area contributed by atoms with Gasteiger partial charge in [0.05, 0.1) is 5.34 Å². The molecule has 1 aliphatic heterocycles. The standard InChI is InChI=1S/C44H8F20N4.CH2Cl2.O.V/c45-25-21(26(46)34(54)41(61)33(25)53)17-9-1-2-10(65-9)18(22-27(47)35(55)42(62)36(56)28(22)48)12-5-6-14(67-12)20(24-31(51)39(59)44(64)40(60)32(24)52)16-8-7-15(68-16)19(13-4-3-11(17)66-13)23-29(49)37(57)43(63)38(58)30(23)50;2-1-3;;/h1-8H;1H2;;/q;;-2;+2. The second kappa shape index (κ2) is 20.6. The van der Waals surface area contributed by atoms with E-state index >= 15 is 35.1 Å². The second-order valence-corrected chi connectivity index (χ2v) is 15.1. The van der Waals surface area contributed by atoms with E-state index in [0.717, 1.165) is 0 Å². The molecule has 0 unspecified atom stereocenters. The molecule has 8 aromatic rings. The smallest absolute Gasteiger partial charge is 2.00 e. The number of halogens is 22. The van der Waals surface area contributed by atoms with Gasteiger partial charge in [0.15, 0.2) is 22.3 Å². The summed E-state index contributed by atoms with van der Waals surface area (Å²) >= 11 is 9.53. The Morgan fingerprint density at radius 1 is 0.247 bits per heavy atom. The topological polar surface area (TPSA) is 84.9 Å². The summed E-state index contributed by atoms with van der Waals surface area (Å²) in [4.78, 5) is 15.6. The Morgan fingerprint density at radius 3 is 0.452 bits per heavy atom. The van der Waals surface area contributed by atoms with E-state index in [1.54, 1.807) is 0 Å². The van der Waals surface area contributed by atoms with E-state index < -0.39 is 208 Å². The largest absolute Gasteiger partial charge is 2.00 e. The van der Waals surface area contributed by atoms with Crippen LogP contribution < -0.4 is 19.9 Å². The normalized spacial score (nSPS) is 12.2. The summed E-state index contributed by atoms with van der Waals surface area (Å²) in [5.41, 5.74) is -16.3. The van der Waals surface area contributed by atoms with Crippen LogP contribution in [0.5, 0.6) is 0 Å². The maximum atomic E-state index is 15.8. The first-order chi connectivity index (χ1) is 33.5. The summed E-state index contributed by atoms with van der Waals surface area (Å²) in [6.07, 6.45) is 0. The van der Waals surface area contributed by atoms with Crippen molar-refractivity contribution in [2.45, 2.75) is 0 Å². The van der Waals surface area contributed by atoms with Gasteiger partial charge in [-0.3, -0.25) is 0 Å². The maximum absolute atomic E-state index is 15.8. The average Bonchev–Trinajstić information content (AvgIpc) is 4.21. The number of benzene rings is 4. The molecule has 375 valence electrons. The van der Waals surface area contributed by atoms with Crippen LogP contribution in [0.3, 0.4) is 0 Å². The number of alkyl halides is 2. The quantitative estimate of drug-likeness (QED) is 0.0578. The molecule has 28 heteroatoms. The predicted octanol–water partition coefficient (Wildman–Crippen LogP) is 12.0. The van der Waals surface area contributed by atoms with Crippen LogP contribution in [-0.2, 0) is 24.0 Å². The molecule has 8 bridgehead atoms. The van der Waals surface area contributed by atoms with Crippen molar-refractivity contribution in [3.05, 3.63) is 256 Å². The van der Waals surface area contributed by atoms with Crippen LogP contribution in [0, 0.1) is 140 Å². The van der Waals surface area contributed by atoms with Crippen molar-refractivity contribution >= 4 is 23.2 Å². The average molecular weight is 1120 g/mol. The summed E-state index contributed by atoms with van der Waals surface area (Å²) in [7, 11) is 0. The number of hydrogen-bond acceptors (Lipinski definition) is 0. The van der Waals surface area contributed by atoms with Crippen molar-refractivity contribution in [2.75, 3.05) is 5.34 Å². The fraction of sp³-hybridized carbons (Fsp3) is 0.0222. The molecule has 0 spiro atoms. The molecule has 0 saturated carbocycles. The third-order valence-electron chi connectivity index (χ3n) is 10.4. The number of hydrogen-bond donors (Lipinski definition) is 0. The van der Waals surface area contributed by atoms with Crippen LogP contribution in [0.2, 0.25) is 0 Å². The minimum Gasteiger partial charge on any atom is -2.00 e.